The number of furan rings is 1. The number of amides is 2. The first-order chi connectivity index (χ1) is 17.0. The normalized spacial score (nSPS) is 16.9. The highest BCUT2D eigenvalue weighted by atomic mass is 16.5. The van der Waals surface area contributed by atoms with Gasteiger partial charge in [-0.1, -0.05) is 48.0 Å². The van der Waals surface area contributed by atoms with Crippen LogP contribution in [0.5, 0.6) is 5.75 Å². The molecule has 1 aliphatic rings. The molecule has 0 radical (unpaired) electrons. The van der Waals surface area contributed by atoms with Crippen LogP contribution in [-0.2, 0) is 32.1 Å². The van der Waals surface area contributed by atoms with Gasteiger partial charge in [-0.3, -0.25) is 14.4 Å². The van der Waals surface area contributed by atoms with Gasteiger partial charge in [0, 0.05) is 6.42 Å². The van der Waals surface area contributed by atoms with E-state index in [2.05, 4.69) is 5.32 Å². The summed E-state index contributed by atoms with van der Waals surface area (Å²) in [4.78, 5) is 39.2. The van der Waals surface area contributed by atoms with Crippen LogP contribution in [0.15, 0.2) is 77.4 Å². The van der Waals surface area contributed by atoms with Crippen molar-refractivity contribution in [2.45, 2.75) is 38.5 Å². The summed E-state index contributed by atoms with van der Waals surface area (Å²) in [6.45, 7) is 1.73. The first-order valence-corrected chi connectivity index (χ1v) is 11.5. The topological polar surface area (TPSA) is 98.1 Å². The smallest absolute Gasteiger partial charge is 0.325 e. The number of nitrogens with zero attached hydrogens (tertiary/aromatic N) is 1. The minimum Gasteiger partial charge on any atom is -0.484 e. The quantitative estimate of drug-likeness (QED) is 0.338. The molecule has 1 fully saturated rings. The molecule has 4 rings (SSSR count). The fraction of sp³-hybridized carbons (Fsp3) is 0.296. The van der Waals surface area contributed by atoms with Crippen molar-refractivity contribution < 1.29 is 28.3 Å². The van der Waals surface area contributed by atoms with Gasteiger partial charge < -0.3 is 24.1 Å². The number of para-hydroxylation sites is 1. The maximum Gasteiger partial charge on any atom is 0.325 e. The van der Waals surface area contributed by atoms with Crippen LogP contribution < -0.4 is 10.1 Å². The highest BCUT2D eigenvalue weighted by molar-refractivity contribution is 5.95. The van der Waals surface area contributed by atoms with Gasteiger partial charge in [0.05, 0.1) is 12.3 Å². The van der Waals surface area contributed by atoms with E-state index in [0.29, 0.717) is 18.6 Å². The van der Waals surface area contributed by atoms with Crippen molar-refractivity contribution in [2.75, 3.05) is 13.2 Å². The van der Waals surface area contributed by atoms with Crippen molar-refractivity contribution in [3.05, 3.63) is 89.9 Å². The van der Waals surface area contributed by atoms with Gasteiger partial charge in [0.25, 0.3) is 5.91 Å². The molecule has 0 bridgehead atoms. The molecule has 1 N–H and O–H groups in total. The molecule has 2 aromatic carbocycles. The van der Waals surface area contributed by atoms with Crippen LogP contribution in [0.4, 0.5) is 0 Å². The number of hydrogen-bond acceptors (Lipinski definition) is 6. The van der Waals surface area contributed by atoms with Gasteiger partial charge in [-0.25, -0.2) is 0 Å². The largest absolute Gasteiger partial charge is 0.484 e. The summed E-state index contributed by atoms with van der Waals surface area (Å²) in [6, 6.07) is 19.2. The second kappa shape index (κ2) is 11.4. The zero-order chi connectivity index (χ0) is 24.6. The summed E-state index contributed by atoms with van der Waals surface area (Å²) in [7, 11) is 0. The van der Waals surface area contributed by atoms with Crippen molar-refractivity contribution in [1.82, 2.24) is 10.2 Å². The summed E-state index contributed by atoms with van der Waals surface area (Å²) < 4.78 is 16.2. The average Bonchev–Trinajstić information content (AvgIpc) is 3.40. The van der Waals surface area contributed by atoms with Gasteiger partial charge in [0.1, 0.15) is 30.7 Å². The third kappa shape index (κ3) is 6.50. The molecule has 1 aliphatic heterocycles. The molecule has 3 aromatic rings. The molecular formula is C27H28N2O6. The number of rotatable bonds is 11. The van der Waals surface area contributed by atoms with Gasteiger partial charge in [0.2, 0.25) is 5.91 Å². The van der Waals surface area contributed by atoms with Crippen LogP contribution in [-0.4, -0.2) is 47.9 Å². The standard InChI is InChI=1S/C27H28N2O6/c1-19-9-11-20(12-10-19)17-35-25(31)16-29-23(14-13-22-8-5-15-33-22)26(27(29)32)28-24(30)18-34-21-6-3-2-4-7-21/h2-12,15,23,26H,13-14,16-18H2,1H3,(H,28,30)/t23-,26+/m1/s1. The van der Waals surface area contributed by atoms with Crippen LogP contribution in [0.3, 0.4) is 0 Å². The molecule has 0 spiro atoms. The number of β-lactam (4-membered cyclic amide) rings is 1. The number of carbonyl (C=O) groups excluding carboxylic acids is 3. The maximum absolute atomic E-state index is 12.8. The first-order valence-electron chi connectivity index (χ1n) is 11.5. The van der Waals surface area contributed by atoms with E-state index in [1.165, 1.54) is 4.90 Å². The molecular weight excluding hydrogens is 448 g/mol. The lowest BCUT2D eigenvalue weighted by Crippen LogP contribution is -2.71. The van der Waals surface area contributed by atoms with Crippen molar-refractivity contribution in [1.29, 1.82) is 0 Å². The Labute approximate surface area is 203 Å². The van der Waals surface area contributed by atoms with Crippen molar-refractivity contribution in [2.24, 2.45) is 0 Å². The Balaban J connectivity index is 1.32. The molecule has 182 valence electrons. The number of hydrogen-bond donors (Lipinski definition) is 1. The molecule has 2 amide bonds. The molecule has 1 saturated heterocycles. The highest BCUT2D eigenvalue weighted by Crippen LogP contribution is 2.25. The van der Waals surface area contributed by atoms with E-state index in [1.807, 2.05) is 55.5 Å². The molecule has 8 nitrogen and oxygen atoms in total. The molecule has 35 heavy (non-hydrogen) atoms. The minimum absolute atomic E-state index is 0.134. The maximum atomic E-state index is 12.8. The second-order valence-electron chi connectivity index (χ2n) is 8.44. The predicted molar refractivity (Wildman–Crippen MR) is 127 cm³/mol. The monoisotopic (exact) mass is 476 g/mol. The predicted octanol–water partition coefficient (Wildman–Crippen LogP) is 3.04. The number of ether oxygens (including phenoxy) is 2. The molecule has 0 aliphatic carbocycles. The van der Waals surface area contributed by atoms with Crippen LogP contribution in [0.1, 0.15) is 23.3 Å². The summed E-state index contributed by atoms with van der Waals surface area (Å²) >= 11 is 0. The summed E-state index contributed by atoms with van der Waals surface area (Å²) in [5.74, 6) is 0.101. The van der Waals surface area contributed by atoms with Crippen LogP contribution >= 0.6 is 0 Å². The van der Waals surface area contributed by atoms with Gasteiger partial charge in [-0.05, 0) is 43.2 Å². The molecule has 0 saturated carbocycles. The Morgan fingerprint density at radius 2 is 1.80 bits per heavy atom. The minimum atomic E-state index is -0.735. The Kier molecular flexibility index (Phi) is 7.82. The summed E-state index contributed by atoms with van der Waals surface area (Å²) in [5, 5.41) is 2.75. The van der Waals surface area contributed by atoms with Crippen molar-refractivity contribution >= 4 is 17.8 Å². The average molecular weight is 477 g/mol. The van der Waals surface area contributed by atoms with E-state index in [1.54, 1.807) is 24.5 Å². The summed E-state index contributed by atoms with van der Waals surface area (Å²) in [5.41, 5.74) is 1.99. The molecule has 2 heterocycles. The molecule has 2 atom stereocenters. The van der Waals surface area contributed by atoms with Crippen LogP contribution in [0, 0.1) is 6.92 Å². The van der Waals surface area contributed by atoms with E-state index < -0.39 is 17.9 Å². The van der Waals surface area contributed by atoms with Gasteiger partial charge >= 0.3 is 5.97 Å². The fourth-order valence-electron chi connectivity index (χ4n) is 3.94. The lowest BCUT2D eigenvalue weighted by molar-refractivity contribution is -0.163. The number of nitrogens with one attached hydrogen (secondary N) is 1. The van der Waals surface area contributed by atoms with E-state index in [9.17, 15) is 14.4 Å². The summed E-state index contributed by atoms with van der Waals surface area (Å²) in [6.07, 6.45) is 2.67. The van der Waals surface area contributed by atoms with Gasteiger partial charge in [-0.2, -0.15) is 0 Å². The third-order valence-electron chi connectivity index (χ3n) is 5.85. The van der Waals surface area contributed by atoms with E-state index in [0.717, 1.165) is 16.9 Å². The second-order valence-corrected chi connectivity index (χ2v) is 8.44. The van der Waals surface area contributed by atoms with Gasteiger partial charge in [0.15, 0.2) is 6.61 Å². The highest BCUT2D eigenvalue weighted by Gasteiger charge is 2.48. The molecule has 0 unspecified atom stereocenters. The molecule has 8 heteroatoms. The lowest BCUT2D eigenvalue weighted by atomic mass is 9.90. The number of carbonyl (C=O) groups is 3. The van der Waals surface area contributed by atoms with E-state index >= 15 is 0 Å². The number of esters is 1. The van der Waals surface area contributed by atoms with Crippen molar-refractivity contribution in [3.63, 3.8) is 0 Å². The zero-order valence-electron chi connectivity index (χ0n) is 19.5. The SMILES string of the molecule is Cc1ccc(COC(=O)CN2C(=O)[C@@H](NC(=O)COc3ccccc3)[C@H]2CCc2ccco2)cc1. The zero-order valence-corrected chi connectivity index (χ0v) is 19.5. The Morgan fingerprint density at radius 1 is 1.03 bits per heavy atom. The van der Waals surface area contributed by atoms with E-state index in [-0.39, 0.29) is 31.7 Å². The number of aryl methyl sites for hydroxylation is 2. The van der Waals surface area contributed by atoms with Crippen molar-refractivity contribution in [3.8, 4) is 5.75 Å². The lowest BCUT2D eigenvalue weighted by Gasteiger charge is -2.46. The Hall–Kier alpha value is -4.07. The van der Waals surface area contributed by atoms with Crippen LogP contribution in [0.25, 0.3) is 0 Å². The number of benzene rings is 2. The van der Waals surface area contributed by atoms with Crippen LogP contribution in [0.2, 0.25) is 0 Å². The fourth-order valence-corrected chi connectivity index (χ4v) is 3.94. The first kappa shape index (κ1) is 24.1. The van der Waals surface area contributed by atoms with Gasteiger partial charge in [-0.15, -0.1) is 0 Å². The van der Waals surface area contributed by atoms with E-state index in [4.69, 9.17) is 13.9 Å². The number of likely N-dealkylation sites (tertiary alicyclic amines) is 1. The Morgan fingerprint density at radius 3 is 2.51 bits per heavy atom. The Bertz CT molecular complexity index is 1130. The molecule has 1 aromatic heterocycles. The third-order valence-corrected chi connectivity index (χ3v) is 5.85.